The lowest BCUT2D eigenvalue weighted by Crippen LogP contribution is -2.16. The van der Waals surface area contributed by atoms with Gasteiger partial charge in [0, 0.05) is 13.0 Å². The van der Waals surface area contributed by atoms with E-state index in [1.54, 1.807) is 0 Å². The number of aliphatic hydroxyl groups excluding tert-OH is 1. The van der Waals surface area contributed by atoms with Crippen molar-refractivity contribution in [2.75, 3.05) is 0 Å². The van der Waals surface area contributed by atoms with Crippen molar-refractivity contribution in [3.05, 3.63) is 11.6 Å². The van der Waals surface area contributed by atoms with Crippen LogP contribution in [0, 0.1) is 5.41 Å². The Labute approximate surface area is 90.3 Å². The summed E-state index contributed by atoms with van der Waals surface area (Å²) in [6.07, 6.45) is 2.25. The van der Waals surface area contributed by atoms with Crippen LogP contribution in [0.4, 0.5) is 0 Å². The Morgan fingerprint density at radius 2 is 2.20 bits per heavy atom. The van der Waals surface area contributed by atoms with Crippen LogP contribution >= 0.6 is 0 Å². The van der Waals surface area contributed by atoms with Gasteiger partial charge in [-0.05, 0) is 18.3 Å². The summed E-state index contributed by atoms with van der Waals surface area (Å²) in [5.41, 5.74) is 0.197. The maximum absolute atomic E-state index is 9.75. The molecule has 0 fully saturated rings. The fourth-order valence-electron chi connectivity index (χ4n) is 1.93. The van der Waals surface area contributed by atoms with E-state index in [4.69, 9.17) is 0 Å². The molecule has 1 N–H and O–H groups in total. The second-order valence-corrected chi connectivity index (χ2v) is 5.50. The zero-order valence-electron chi connectivity index (χ0n) is 9.69. The van der Waals surface area contributed by atoms with E-state index in [9.17, 15) is 5.11 Å². The number of hydrogen-bond donors (Lipinski definition) is 1. The Morgan fingerprint density at radius 3 is 2.80 bits per heavy atom. The summed E-state index contributed by atoms with van der Waals surface area (Å²) in [5, 5.41) is 14.2. The second-order valence-electron chi connectivity index (χ2n) is 5.50. The van der Waals surface area contributed by atoms with Gasteiger partial charge in [0.1, 0.15) is 6.10 Å². The van der Waals surface area contributed by atoms with Crippen molar-refractivity contribution in [1.82, 2.24) is 14.8 Å². The molecule has 0 bridgehead atoms. The number of nitrogens with zero attached hydrogens (tertiary/aromatic N) is 3. The number of hydrogen-bond acceptors (Lipinski definition) is 3. The number of aromatic nitrogens is 3. The Morgan fingerprint density at radius 1 is 1.47 bits per heavy atom. The lowest BCUT2D eigenvalue weighted by Gasteiger charge is -2.16. The van der Waals surface area contributed by atoms with E-state index in [2.05, 4.69) is 30.9 Å². The third-order valence-corrected chi connectivity index (χ3v) is 2.58. The lowest BCUT2D eigenvalue weighted by atomic mass is 9.92. The fourth-order valence-corrected chi connectivity index (χ4v) is 1.93. The van der Waals surface area contributed by atoms with Gasteiger partial charge in [0.25, 0.3) is 0 Å². The summed E-state index contributed by atoms with van der Waals surface area (Å²) >= 11 is 0. The molecular weight excluding hydrogens is 190 g/mol. The molecule has 1 aliphatic heterocycles. The molecule has 0 saturated heterocycles. The molecule has 4 heteroatoms. The third kappa shape index (κ3) is 2.37. The van der Waals surface area contributed by atoms with E-state index in [0.717, 1.165) is 37.5 Å². The van der Waals surface area contributed by atoms with Gasteiger partial charge in [0.2, 0.25) is 0 Å². The molecule has 84 valence electrons. The topological polar surface area (TPSA) is 50.9 Å². The molecule has 0 aliphatic carbocycles. The van der Waals surface area contributed by atoms with Gasteiger partial charge < -0.3 is 5.11 Å². The van der Waals surface area contributed by atoms with Crippen LogP contribution in [-0.2, 0) is 13.0 Å². The van der Waals surface area contributed by atoms with Gasteiger partial charge in [0.05, 0.1) is 0 Å². The minimum Gasteiger partial charge on any atom is -0.385 e. The minimum absolute atomic E-state index is 0.197. The number of fused-ring (bicyclic) bond motifs is 1. The standard InChI is InChI=1S/C11H19N3O/c1-11(2,3)7-9-12-10-8(15)5-4-6-14(10)13-9/h8,15H,4-7H2,1-3H3. The molecule has 0 aromatic carbocycles. The van der Waals surface area contributed by atoms with E-state index < -0.39 is 6.10 Å². The second kappa shape index (κ2) is 3.59. The van der Waals surface area contributed by atoms with Crippen molar-refractivity contribution in [1.29, 1.82) is 0 Å². The minimum atomic E-state index is -0.417. The highest BCUT2D eigenvalue weighted by atomic mass is 16.3. The summed E-state index contributed by atoms with van der Waals surface area (Å²) in [6.45, 7) is 7.40. The maximum atomic E-state index is 9.75. The van der Waals surface area contributed by atoms with E-state index in [0.29, 0.717) is 0 Å². The van der Waals surface area contributed by atoms with Crippen molar-refractivity contribution < 1.29 is 5.11 Å². The molecule has 1 aromatic rings. The number of rotatable bonds is 1. The average Bonchev–Trinajstić information content (AvgIpc) is 2.45. The van der Waals surface area contributed by atoms with Gasteiger partial charge in [-0.25, -0.2) is 9.67 Å². The van der Waals surface area contributed by atoms with Gasteiger partial charge in [-0.1, -0.05) is 20.8 Å². The summed E-state index contributed by atoms with van der Waals surface area (Å²) in [4.78, 5) is 4.42. The molecule has 15 heavy (non-hydrogen) atoms. The van der Waals surface area contributed by atoms with Crippen LogP contribution in [0.15, 0.2) is 0 Å². The molecule has 1 aliphatic rings. The molecule has 0 saturated carbocycles. The van der Waals surface area contributed by atoms with Crippen LogP contribution < -0.4 is 0 Å². The Hall–Kier alpha value is -0.900. The monoisotopic (exact) mass is 209 g/mol. The quantitative estimate of drug-likeness (QED) is 0.765. The Kier molecular flexibility index (Phi) is 2.54. The zero-order valence-corrected chi connectivity index (χ0v) is 9.69. The van der Waals surface area contributed by atoms with Crippen molar-refractivity contribution >= 4 is 0 Å². The van der Waals surface area contributed by atoms with Gasteiger partial charge in [-0.3, -0.25) is 0 Å². The van der Waals surface area contributed by atoms with Crippen LogP contribution in [0.25, 0.3) is 0 Å². The predicted molar refractivity (Wildman–Crippen MR) is 57.4 cm³/mol. The highest BCUT2D eigenvalue weighted by Gasteiger charge is 2.23. The maximum Gasteiger partial charge on any atom is 0.156 e. The highest BCUT2D eigenvalue weighted by molar-refractivity contribution is 5.00. The first-order valence-electron chi connectivity index (χ1n) is 5.57. The normalized spacial score (nSPS) is 21.5. The Balaban J connectivity index is 2.22. The van der Waals surface area contributed by atoms with Crippen molar-refractivity contribution in [2.45, 2.75) is 52.7 Å². The predicted octanol–water partition coefficient (Wildman–Crippen LogP) is 1.69. The zero-order chi connectivity index (χ0) is 11.1. The molecule has 0 radical (unpaired) electrons. The molecule has 1 unspecified atom stereocenters. The van der Waals surface area contributed by atoms with Gasteiger partial charge in [-0.15, -0.1) is 0 Å². The summed E-state index contributed by atoms with van der Waals surface area (Å²) in [7, 11) is 0. The first-order chi connectivity index (χ1) is 6.96. The smallest absolute Gasteiger partial charge is 0.156 e. The van der Waals surface area contributed by atoms with Gasteiger partial charge in [0.15, 0.2) is 11.6 Å². The SMILES string of the molecule is CC(C)(C)Cc1nc2n(n1)CCCC2O. The first kappa shape index (κ1) is 10.6. The Bertz CT molecular complexity index is 351. The summed E-state index contributed by atoms with van der Waals surface area (Å²) < 4.78 is 1.86. The summed E-state index contributed by atoms with van der Waals surface area (Å²) in [6, 6.07) is 0. The lowest BCUT2D eigenvalue weighted by molar-refractivity contribution is 0.130. The molecule has 2 heterocycles. The third-order valence-electron chi connectivity index (χ3n) is 2.58. The van der Waals surface area contributed by atoms with Gasteiger partial charge >= 0.3 is 0 Å². The largest absolute Gasteiger partial charge is 0.385 e. The van der Waals surface area contributed by atoms with Crippen LogP contribution in [0.5, 0.6) is 0 Å². The number of aryl methyl sites for hydroxylation is 1. The molecular formula is C11H19N3O. The summed E-state index contributed by atoms with van der Waals surface area (Å²) in [5.74, 6) is 1.61. The first-order valence-corrected chi connectivity index (χ1v) is 5.57. The molecule has 2 rings (SSSR count). The van der Waals surface area contributed by atoms with Crippen molar-refractivity contribution in [3.8, 4) is 0 Å². The van der Waals surface area contributed by atoms with E-state index in [-0.39, 0.29) is 5.41 Å². The average molecular weight is 209 g/mol. The van der Waals surface area contributed by atoms with Crippen molar-refractivity contribution in [3.63, 3.8) is 0 Å². The van der Waals surface area contributed by atoms with E-state index in [1.807, 2.05) is 4.68 Å². The molecule has 1 atom stereocenters. The van der Waals surface area contributed by atoms with Gasteiger partial charge in [-0.2, -0.15) is 5.10 Å². The molecule has 1 aromatic heterocycles. The van der Waals surface area contributed by atoms with Crippen LogP contribution in [0.1, 0.15) is 51.4 Å². The molecule has 0 spiro atoms. The van der Waals surface area contributed by atoms with Crippen LogP contribution in [0.3, 0.4) is 0 Å². The molecule has 4 nitrogen and oxygen atoms in total. The fraction of sp³-hybridized carbons (Fsp3) is 0.818. The van der Waals surface area contributed by atoms with E-state index >= 15 is 0 Å². The highest BCUT2D eigenvalue weighted by Crippen LogP contribution is 2.25. The number of aliphatic hydroxyl groups is 1. The molecule has 0 amide bonds. The van der Waals surface area contributed by atoms with E-state index in [1.165, 1.54) is 0 Å². The van der Waals surface area contributed by atoms with Crippen molar-refractivity contribution in [2.24, 2.45) is 5.41 Å². The van der Waals surface area contributed by atoms with Crippen LogP contribution in [0.2, 0.25) is 0 Å². The van der Waals surface area contributed by atoms with Crippen LogP contribution in [-0.4, -0.2) is 19.9 Å².